The van der Waals surface area contributed by atoms with E-state index in [1.165, 1.54) is 6.07 Å². The van der Waals surface area contributed by atoms with Gasteiger partial charge in [-0.15, -0.1) is 0 Å². The van der Waals surface area contributed by atoms with Crippen LogP contribution in [0.1, 0.15) is 24.1 Å². The van der Waals surface area contributed by atoms with Gasteiger partial charge in [-0.25, -0.2) is 9.97 Å². The zero-order chi connectivity index (χ0) is 18.2. The summed E-state index contributed by atoms with van der Waals surface area (Å²) in [6.45, 7) is 1.76. The van der Waals surface area contributed by atoms with Crippen molar-refractivity contribution in [2.24, 2.45) is 0 Å². The number of aromatic nitrogens is 2. The molecule has 0 spiro atoms. The van der Waals surface area contributed by atoms with Crippen molar-refractivity contribution in [2.75, 3.05) is 5.32 Å². The fourth-order valence-corrected chi connectivity index (χ4v) is 2.99. The highest BCUT2D eigenvalue weighted by atomic mass is 79.9. The maximum Gasteiger partial charge on any atom is 0.416 e. The monoisotopic (exact) mass is 429 g/mol. The average Bonchev–Trinajstić information content (AvgIpc) is 2.55. The van der Waals surface area contributed by atoms with Crippen LogP contribution in [0.2, 0.25) is 5.28 Å². The lowest BCUT2D eigenvalue weighted by Gasteiger charge is -2.18. The summed E-state index contributed by atoms with van der Waals surface area (Å²) in [6, 6.07) is 10.2. The predicted molar refractivity (Wildman–Crippen MR) is 95.7 cm³/mol. The van der Waals surface area contributed by atoms with Crippen LogP contribution in [0.15, 0.2) is 46.9 Å². The molecule has 8 heteroatoms. The first kappa shape index (κ1) is 17.9. The first-order valence-corrected chi connectivity index (χ1v) is 8.47. The Morgan fingerprint density at radius 3 is 2.60 bits per heavy atom. The number of benzene rings is 2. The van der Waals surface area contributed by atoms with Crippen molar-refractivity contribution in [3.8, 4) is 0 Å². The topological polar surface area (TPSA) is 37.8 Å². The van der Waals surface area contributed by atoms with Gasteiger partial charge in [0.05, 0.1) is 11.1 Å². The highest BCUT2D eigenvalue weighted by Gasteiger charge is 2.30. The third-order valence-electron chi connectivity index (χ3n) is 3.70. The first-order chi connectivity index (χ1) is 11.7. The van der Waals surface area contributed by atoms with Gasteiger partial charge in [0.2, 0.25) is 5.28 Å². The van der Waals surface area contributed by atoms with Crippen molar-refractivity contribution < 1.29 is 13.2 Å². The van der Waals surface area contributed by atoms with E-state index in [0.29, 0.717) is 16.9 Å². The molecule has 0 fully saturated rings. The Hall–Kier alpha value is -1.86. The second-order valence-corrected chi connectivity index (χ2v) is 6.75. The van der Waals surface area contributed by atoms with Crippen LogP contribution in [0.3, 0.4) is 0 Å². The summed E-state index contributed by atoms with van der Waals surface area (Å²) < 4.78 is 39.5. The summed E-state index contributed by atoms with van der Waals surface area (Å²) in [6.07, 6.45) is -4.38. The molecule has 0 aliphatic carbocycles. The lowest BCUT2D eigenvalue weighted by molar-refractivity contribution is -0.137. The molecule has 3 nitrogen and oxygen atoms in total. The molecule has 3 rings (SSSR count). The van der Waals surface area contributed by atoms with Gasteiger partial charge >= 0.3 is 6.18 Å². The van der Waals surface area contributed by atoms with E-state index < -0.39 is 17.8 Å². The number of halogens is 5. The molecule has 2 aromatic carbocycles. The molecule has 0 bridgehead atoms. The minimum Gasteiger partial charge on any atom is -0.363 e. The average molecular weight is 431 g/mol. The molecule has 0 saturated carbocycles. The summed E-state index contributed by atoms with van der Waals surface area (Å²) in [5.41, 5.74) is 0.446. The molecule has 1 unspecified atom stereocenters. The lowest BCUT2D eigenvalue weighted by Crippen LogP contribution is -2.11. The van der Waals surface area contributed by atoms with Crippen LogP contribution in [0.5, 0.6) is 0 Å². The summed E-state index contributed by atoms with van der Waals surface area (Å²) in [4.78, 5) is 8.33. The number of alkyl halides is 3. The van der Waals surface area contributed by atoms with E-state index in [0.717, 1.165) is 22.0 Å². The van der Waals surface area contributed by atoms with E-state index in [2.05, 4.69) is 31.2 Å². The zero-order valence-electron chi connectivity index (χ0n) is 12.9. The van der Waals surface area contributed by atoms with E-state index >= 15 is 0 Å². The number of hydrogen-bond acceptors (Lipinski definition) is 3. The summed E-state index contributed by atoms with van der Waals surface area (Å²) in [5.74, 6) is 0.459. The van der Waals surface area contributed by atoms with E-state index in [1.807, 2.05) is 12.1 Å². The fourth-order valence-electron chi connectivity index (χ4n) is 2.46. The van der Waals surface area contributed by atoms with E-state index in [1.54, 1.807) is 19.1 Å². The van der Waals surface area contributed by atoms with Crippen LogP contribution in [0.25, 0.3) is 10.9 Å². The number of anilines is 1. The smallest absolute Gasteiger partial charge is 0.363 e. The van der Waals surface area contributed by atoms with Gasteiger partial charge in [-0.05, 0) is 54.4 Å². The zero-order valence-corrected chi connectivity index (χ0v) is 15.2. The molecule has 1 atom stereocenters. The van der Waals surface area contributed by atoms with Crippen molar-refractivity contribution in [3.63, 3.8) is 0 Å². The van der Waals surface area contributed by atoms with Crippen LogP contribution < -0.4 is 5.32 Å². The van der Waals surface area contributed by atoms with Gasteiger partial charge < -0.3 is 5.32 Å². The molecule has 3 aromatic rings. The number of fused-ring (bicyclic) bond motifs is 1. The SMILES string of the molecule is CC(Nc1nc(Cl)nc2ccc(Br)cc12)c1cccc(C(F)(F)F)c1. The van der Waals surface area contributed by atoms with Crippen molar-refractivity contribution in [1.82, 2.24) is 9.97 Å². The maximum atomic E-state index is 12.9. The third-order valence-corrected chi connectivity index (χ3v) is 4.36. The molecule has 0 aliphatic heterocycles. The Labute approximate surface area is 155 Å². The molecule has 1 N–H and O–H groups in total. The van der Waals surface area contributed by atoms with Crippen molar-refractivity contribution >= 4 is 44.3 Å². The number of nitrogens with one attached hydrogen (secondary N) is 1. The van der Waals surface area contributed by atoms with Crippen molar-refractivity contribution in [2.45, 2.75) is 19.1 Å². The third kappa shape index (κ3) is 4.04. The van der Waals surface area contributed by atoms with Crippen LogP contribution >= 0.6 is 27.5 Å². The van der Waals surface area contributed by atoms with Crippen LogP contribution in [0.4, 0.5) is 19.0 Å². The summed E-state index contributed by atoms with van der Waals surface area (Å²) >= 11 is 9.34. The fraction of sp³-hybridized carbons (Fsp3) is 0.176. The van der Waals surface area contributed by atoms with Crippen molar-refractivity contribution in [3.05, 3.63) is 63.3 Å². The van der Waals surface area contributed by atoms with E-state index in [-0.39, 0.29) is 5.28 Å². The predicted octanol–water partition coefficient (Wildman–Crippen LogP) is 6.24. The highest BCUT2D eigenvalue weighted by Crippen LogP contribution is 2.32. The molecule has 0 aliphatic rings. The maximum absolute atomic E-state index is 12.9. The molecule has 1 heterocycles. The number of rotatable bonds is 3. The number of nitrogens with zero attached hydrogens (tertiary/aromatic N) is 2. The van der Waals surface area contributed by atoms with Gasteiger partial charge in [-0.1, -0.05) is 28.1 Å². The highest BCUT2D eigenvalue weighted by molar-refractivity contribution is 9.10. The van der Waals surface area contributed by atoms with E-state index in [4.69, 9.17) is 11.6 Å². The van der Waals surface area contributed by atoms with Crippen LogP contribution in [-0.2, 0) is 6.18 Å². The Balaban J connectivity index is 1.97. The Bertz CT molecular complexity index is 931. The van der Waals surface area contributed by atoms with Gasteiger partial charge in [0, 0.05) is 15.9 Å². The molecule has 0 amide bonds. The van der Waals surface area contributed by atoms with E-state index in [9.17, 15) is 13.2 Å². The summed E-state index contributed by atoms with van der Waals surface area (Å²) in [5, 5.41) is 3.91. The molecular formula is C17H12BrClF3N3. The van der Waals surface area contributed by atoms with Gasteiger partial charge in [-0.3, -0.25) is 0 Å². The Morgan fingerprint density at radius 1 is 1.12 bits per heavy atom. The molecular weight excluding hydrogens is 419 g/mol. The minimum atomic E-state index is -4.38. The molecule has 25 heavy (non-hydrogen) atoms. The Kier molecular flexibility index (Phi) is 4.88. The molecule has 1 aromatic heterocycles. The first-order valence-electron chi connectivity index (χ1n) is 7.30. The second-order valence-electron chi connectivity index (χ2n) is 5.49. The van der Waals surface area contributed by atoms with Gasteiger partial charge in [0.1, 0.15) is 5.82 Å². The van der Waals surface area contributed by atoms with Crippen LogP contribution in [0, 0.1) is 0 Å². The molecule has 0 saturated heterocycles. The van der Waals surface area contributed by atoms with Crippen molar-refractivity contribution in [1.29, 1.82) is 0 Å². The molecule has 0 radical (unpaired) electrons. The normalized spacial score (nSPS) is 13.0. The van der Waals surface area contributed by atoms with Crippen LogP contribution in [-0.4, -0.2) is 9.97 Å². The number of hydrogen-bond donors (Lipinski definition) is 1. The lowest BCUT2D eigenvalue weighted by atomic mass is 10.0. The van der Waals surface area contributed by atoms with Gasteiger partial charge in [-0.2, -0.15) is 13.2 Å². The van der Waals surface area contributed by atoms with Gasteiger partial charge in [0.25, 0.3) is 0 Å². The summed E-state index contributed by atoms with van der Waals surface area (Å²) in [7, 11) is 0. The second kappa shape index (κ2) is 6.80. The van der Waals surface area contributed by atoms with Gasteiger partial charge in [0.15, 0.2) is 0 Å². The quantitative estimate of drug-likeness (QED) is 0.500. The molecule has 130 valence electrons. The largest absolute Gasteiger partial charge is 0.416 e. The minimum absolute atomic E-state index is 0.0635. The standard InChI is InChI=1S/C17H12BrClF3N3/c1-9(10-3-2-4-11(7-10)17(20,21)22)23-15-13-8-12(18)5-6-14(13)24-16(19)25-15/h2-9H,1H3,(H,23,24,25). The Morgan fingerprint density at radius 2 is 1.88 bits per heavy atom.